The summed E-state index contributed by atoms with van der Waals surface area (Å²) in [5, 5.41) is 0. The summed E-state index contributed by atoms with van der Waals surface area (Å²) in [5.41, 5.74) is -0.493. The first kappa shape index (κ1) is 14.2. The van der Waals surface area contributed by atoms with Crippen LogP contribution in [0.4, 0.5) is 0 Å². The second-order valence-corrected chi connectivity index (χ2v) is 3.98. The van der Waals surface area contributed by atoms with E-state index in [2.05, 4.69) is 6.92 Å². The number of carbonyl (C=O) groups is 1. The normalized spacial score (nSPS) is 10.8. The lowest BCUT2D eigenvalue weighted by molar-refractivity contribution is -0.114. The number of methoxy groups -OCH3 is 1. The number of hydrogen-bond acceptors (Lipinski definition) is 4. The van der Waals surface area contributed by atoms with Gasteiger partial charge in [0.15, 0.2) is 5.78 Å². The monoisotopic (exact) mass is 250 g/mol. The summed E-state index contributed by atoms with van der Waals surface area (Å²) in [5.74, 6) is 0.779. The molecule has 18 heavy (non-hydrogen) atoms. The van der Waals surface area contributed by atoms with Gasteiger partial charge in [0.05, 0.1) is 13.2 Å². The first-order chi connectivity index (χ1) is 8.65. The summed E-state index contributed by atoms with van der Waals surface area (Å²) in [7, 11) is 1.47. The summed E-state index contributed by atoms with van der Waals surface area (Å²) in [6, 6.07) is 2.82. The third-order valence-corrected chi connectivity index (χ3v) is 2.46. The van der Waals surface area contributed by atoms with Gasteiger partial charge in [0, 0.05) is 12.5 Å². The molecule has 0 radical (unpaired) electrons. The largest absolute Gasteiger partial charge is 0.496 e. The van der Waals surface area contributed by atoms with E-state index in [1.54, 1.807) is 6.07 Å². The van der Waals surface area contributed by atoms with Gasteiger partial charge >= 0.3 is 5.63 Å². The number of ether oxygens (including phenoxy) is 1. The van der Waals surface area contributed by atoms with Gasteiger partial charge in [-0.05, 0) is 18.6 Å². The highest BCUT2D eigenvalue weighted by Crippen LogP contribution is 2.11. The van der Waals surface area contributed by atoms with Crippen LogP contribution in [-0.4, -0.2) is 12.9 Å². The van der Waals surface area contributed by atoms with Crippen LogP contribution in [0, 0.1) is 0 Å². The lowest BCUT2D eigenvalue weighted by atomic mass is 10.1. The molecule has 0 saturated carbocycles. The summed E-state index contributed by atoms with van der Waals surface area (Å²) < 4.78 is 9.86. The Bertz CT molecular complexity index is 471. The van der Waals surface area contributed by atoms with Crippen LogP contribution in [-0.2, 0) is 4.79 Å². The molecule has 0 spiro atoms. The van der Waals surface area contributed by atoms with Crippen molar-refractivity contribution in [2.24, 2.45) is 0 Å². The van der Waals surface area contributed by atoms with Crippen LogP contribution in [0.2, 0.25) is 0 Å². The topological polar surface area (TPSA) is 56.5 Å². The molecular formula is C14H18O4. The molecule has 1 aromatic rings. The van der Waals surface area contributed by atoms with Crippen LogP contribution in [0.5, 0.6) is 5.75 Å². The van der Waals surface area contributed by atoms with Gasteiger partial charge in [0.1, 0.15) is 11.5 Å². The number of unbranched alkanes of at least 4 members (excludes halogenated alkanes) is 2. The molecule has 0 bridgehead atoms. The van der Waals surface area contributed by atoms with Crippen molar-refractivity contribution in [1.82, 2.24) is 0 Å². The van der Waals surface area contributed by atoms with Crippen LogP contribution >= 0.6 is 0 Å². The maximum Gasteiger partial charge on any atom is 0.339 e. The van der Waals surface area contributed by atoms with E-state index in [1.807, 2.05) is 0 Å². The van der Waals surface area contributed by atoms with E-state index >= 15 is 0 Å². The number of ketones is 1. The van der Waals surface area contributed by atoms with Gasteiger partial charge in [0.2, 0.25) is 0 Å². The van der Waals surface area contributed by atoms with Gasteiger partial charge in [-0.2, -0.15) is 0 Å². The Morgan fingerprint density at radius 3 is 2.83 bits per heavy atom. The summed E-state index contributed by atoms with van der Waals surface area (Å²) >= 11 is 0. The first-order valence-corrected chi connectivity index (χ1v) is 6.05. The van der Waals surface area contributed by atoms with E-state index in [4.69, 9.17) is 9.15 Å². The summed E-state index contributed by atoms with van der Waals surface area (Å²) in [6.07, 6.45) is 6.49. The van der Waals surface area contributed by atoms with Crippen molar-refractivity contribution in [2.45, 2.75) is 32.6 Å². The molecule has 1 rings (SSSR count). The highest BCUT2D eigenvalue weighted by Gasteiger charge is 2.00. The lowest BCUT2D eigenvalue weighted by Crippen LogP contribution is -1.99. The second-order valence-electron chi connectivity index (χ2n) is 3.98. The Kier molecular flexibility index (Phi) is 5.91. The minimum absolute atomic E-state index is 0.0360. The van der Waals surface area contributed by atoms with Crippen LogP contribution in [0.1, 0.15) is 38.4 Å². The van der Waals surface area contributed by atoms with Crippen LogP contribution < -0.4 is 10.4 Å². The molecule has 98 valence electrons. The molecule has 1 heterocycles. The van der Waals surface area contributed by atoms with Crippen LogP contribution in [0.3, 0.4) is 0 Å². The molecule has 4 nitrogen and oxygen atoms in total. The minimum Gasteiger partial charge on any atom is -0.496 e. The summed E-state index contributed by atoms with van der Waals surface area (Å²) in [6.45, 7) is 2.09. The van der Waals surface area contributed by atoms with E-state index in [-0.39, 0.29) is 5.78 Å². The van der Waals surface area contributed by atoms with Crippen molar-refractivity contribution in [1.29, 1.82) is 0 Å². The van der Waals surface area contributed by atoms with E-state index in [0.29, 0.717) is 17.9 Å². The molecule has 0 aliphatic carbocycles. The van der Waals surface area contributed by atoms with Gasteiger partial charge in [0.25, 0.3) is 0 Å². The molecule has 0 saturated heterocycles. The maximum atomic E-state index is 11.5. The zero-order valence-corrected chi connectivity index (χ0v) is 10.8. The van der Waals surface area contributed by atoms with Gasteiger partial charge in [-0.25, -0.2) is 4.79 Å². The Labute approximate surface area is 106 Å². The van der Waals surface area contributed by atoms with Gasteiger partial charge in [-0.15, -0.1) is 0 Å². The van der Waals surface area contributed by atoms with Crippen LogP contribution in [0.25, 0.3) is 6.08 Å². The Morgan fingerprint density at radius 1 is 1.39 bits per heavy atom. The fourth-order valence-corrected chi connectivity index (χ4v) is 1.48. The predicted octanol–water partition coefficient (Wildman–Crippen LogP) is 2.81. The van der Waals surface area contributed by atoms with Gasteiger partial charge < -0.3 is 9.15 Å². The highest BCUT2D eigenvalue weighted by molar-refractivity contribution is 5.93. The zero-order chi connectivity index (χ0) is 13.4. The van der Waals surface area contributed by atoms with Crippen molar-refractivity contribution in [3.05, 3.63) is 34.4 Å². The molecule has 4 heteroatoms. The lowest BCUT2D eigenvalue weighted by Gasteiger charge is -1.98. The third-order valence-electron chi connectivity index (χ3n) is 2.46. The van der Waals surface area contributed by atoms with Crippen molar-refractivity contribution < 1.29 is 13.9 Å². The van der Waals surface area contributed by atoms with E-state index in [0.717, 1.165) is 19.3 Å². The highest BCUT2D eigenvalue weighted by atomic mass is 16.5. The van der Waals surface area contributed by atoms with E-state index in [1.165, 1.54) is 25.3 Å². The van der Waals surface area contributed by atoms with Gasteiger partial charge in [-0.1, -0.05) is 19.8 Å². The SMILES string of the molecule is CCCCCC(=O)/C=C\c1cc(OC)cc(=O)o1. The molecule has 1 aromatic heterocycles. The Balaban J connectivity index is 2.63. The number of hydrogen-bond donors (Lipinski definition) is 0. The molecule has 0 amide bonds. The molecule has 0 atom stereocenters. The average Bonchev–Trinajstić information content (AvgIpc) is 2.36. The smallest absolute Gasteiger partial charge is 0.339 e. The average molecular weight is 250 g/mol. The summed E-state index contributed by atoms with van der Waals surface area (Å²) in [4.78, 5) is 22.7. The van der Waals surface area contributed by atoms with Crippen molar-refractivity contribution in [3.63, 3.8) is 0 Å². The maximum absolute atomic E-state index is 11.5. The second kappa shape index (κ2) is 7.48. The van der Waals surface area contributed by atoms with Crippen molar-refractivity contribution in [2.75, 3.05) is 7.11 Å². The molecule has 0 aliphatic heterocycles. The quantitative estimate of drug-likeness (QED) is 0.551. The number of rotatable bonds is 7. The fourth-order valence-electron chi connectivity index (χ4n) is 1.48. The Hall–Kier alpha value is -1.84. The molecular weight excluding hydrogens is 232 g/mol. The molecule has 0 N–H and O–H groups in total. The zero-order valence-electron chi connectivity index (χ0n) is 10.8. The van der Waals surface area contributed by atoms with Crippen molar-refractivity contribution >= 4 is 11.9 Å². The fraction of sp³-hybridized carbons (Fsp3) is 0.429. The first-order valence-electron chi connectivity index (χ1n) is 6.05. The molecule has 0 aromatic carbocycles. The van der Waals surface area contributed by atoms with Crippen molar-refractivity contribution in [3.8, 4) is 5.75 Å². The van der Waals surface area contributed by atoms with E-state index in [9.17, 15) is 9.59 Å². The van der Waals surface area contributed by atoms with Crippen LogP contribution in [0.15, 0.2) is 27.4 Å². The Morgan fingerprint density at radius 2 is 2.17 bits per heavy atom. The van der Waals surface area contributed by atoms with Gasteiger partial charge in [-0.3, -0.25) is 4.79 Å². The molecule has 0 unspecified atom stereocenters. The predicted molar refractivity (Wildman–Crippen MR) is 69.7 cm³/mol. The third kappa shape index (κ3) is 4.99. The number of carbonyl (C=O) groups excluding carboxylic acids is 1. The minimum atomic E-state index is -0.493. The molecule has 0 fully saturated rings. The molecule has 0 aliphatic rings. The number of allylic oxidation sites excluding steroid dienone is 1. The standard InChI is InChI=1S/C14H18O4/c1-3-4-5-6-11(15)7-8-12-9-13(17-2)10-14(16)18-12/h7-10H,3-6H2,1-2H3/b8-7-. The van der Waals surface area contributed by atoms with E-state index < -0.39 is 5.63 Å².